The van der Waals surface area contributed by atoms with Gasteiger partial charge in [0.05, 0.1) is 11.2 Å². The first-order chi connectivity index (χ1) is 12.1. The molecule has 0 bridgehead atoms. The van der Waals surface area contributed by atoms with E-state index in [1.807, 2.05) is 39.8 Å². The summed E-state index contributed by atoms with van der Waals surface area (Å²) in [6.07, 6.45) is 2.36. The first kappa shape index (κ1) is 19.8. The smallest absolute Gasteiger partial charge is 0.399 e. The summed E-state index contributed by atoms with van der Waals surface area (Å²) in [7, 11) is 3.65. The first-order valence-corrected chi connectivity index (χ1v) is 9.62. The van der Waals surface area contributed by atoms with Gasteiger partial charge in [0.2, 0.25) is 0 Å². The van der Waals surface area contributed by atoms with Crippen LogP contribution >= 0.6 is 0 Å². The normalized spacial score (nSPS) is 23.8. The van der Waals surface area contributed by atoms with Gasteiger partial charge in [-0.15, -0.1) is 0 Å². The molecular weight excluding hydrogens is 330 g/mol. The van der Waals surface area contributed by atoms with Crippen LogP contribution in [0.1, 0.15) is 46.1 Å². The molecule has 0 unspecified atom stereocenters. The Morgan fingerprint density at radius 1 is 1.12 bits per heavy atom. The van der Waals surface area contributed by atoms with Crippen LogP contribution < -0.4 is 5.46 Å². The van der Waals surface area contributed by atoms with Crippen LogP contribution in [0.4, 0.5) is 4.39 Å². The molecule has 0 spiro atoms. The van der Waals surface area contributed by atoms with E-state index in [1.165, 1.54) is 12.8 Å². The van der Waals surface area contributed by atoms with Gasteiger partial charge in [-0.25, -0.2) is 4.39 Å². The second kappa shape index (κ2) is 7.23. The fourth-order valence-electron chi connectivity index (χ4n) is 3.69. The van der Waals surface area contributed by atoms with E-state index in [2.05, 4.69) is 23.9 Å². The minimum atomic E-state index is -0.653. The number of halogens is 1. The monoisotopic (exact) mass is 362 g/mol. The molecule has 2 aliphatic heterocycles. The molecule has 0 saturated carbocycles. The summed E-state index contributed by atoms with van der Waals surface area (Å²) < 4.78 is 26.5. The van der Waals surface area contributed by atoms with Crippen LogP contribution in [0.3, 0.4) is 0 Å². The molecule has 6 heteroatoms. The van der Waals surface area contributed by atoms with Crippen molar-refractivity contribution in [2.24, 2.45) is 0 Å². The maximum absolute atomic E-state index is 14.5. The average Bonchev–Trinajstić information content (AvgIpc) is 2.77. The predicted octanol–water partition coefficient (Wildman–Crippen LogP) is 2.65. The fourth-order valence-corrected chi connectivity index (χ4v) is 3.69. The lowest BCUT2D eigenvalue weighted by atomic mass is 9.78. The molecule has 2 aliphatic rings. The zero-order valence-corrected chi connectivity index (χ0v) is 17.0. The van der Waals surface area contributed by atoms with Gasteiger partial charge in [0.25, 0.3) is 0 Å². The van der Waals surface area contributed by atoms with Gasteiger partial charge in [-0.1, -0.05) is 12.1 Å². The van der Waals surface area contributed by atoms with Crippen LogP contribution in [0.15, 0.2) is 18.2 Å². The van der Waals surface area contributed by atoms with Crippen LogP contribution in [0.2, 0.25) is 0 Å². The maximum Gasteiger partial charge on any atom is 0.497 e. The standard InChI is InChI=1S/C20H32BFN2O2/c1-19(2)20(3,4)26-21(25-19)17-13-15(7-8-18(17)22)14-24-11-9-16(10-12-24)23(5)6/h7-8,13,16H,9-12,14H2,1-6H3. The van der Waals surface area contributed by atoms with Crippen molar-refractivity contribution in [1.29, 1.82) is 0 Å². The second-order valence-corrected chi connectivity index (χ2v) is 8.92. The van der Waals surface area contributed by atoms with Gasteiger partial charge in [0.1, 0.15) is 5.82 Å². The Bertz CT molecular complexity index is 627. The highest BCUT2D eigenvalue weighted by atomic mass is 19.1. The Morgan fingerprint density at radius 2 is 1.69 bits per heavy atom. The van der Waals surface area contributed by atoms with Gasteiger partial charge in [-0.3, -0.25) is 4.90 Å². The molecule has 2 fully saturated rings. The van der Waals surface area contributed by atoms with Crippen LogP contribution in [0, 0.1) is 5.82 Å². The van der Waals surface area contributed by atoms with Gasteiger partial charge in [-0.05, 0) is 79.4 Å². The molecule has 4 nitrogen and oxygen atoms in total. The summed E-state index contributed by atoms with van der Waals surface area (Å²) in [6.45, 7) is 11.0. The highest BCUT2D eigenvalue weighted by Gasteiger charge is 2.52. The number of hydrogen-bond acceptors (Lipinski definition) is 4. The van der Waals surface area contributed by atoms with Crippen LogP contribution in [0.25, 0.3) is 0 Å². The maximum atomic E-state index is 14.5. The van der Waals surface area contributed by atoms with Gasteiger partial charge in [0.15, 0.2) is 0 Å². The minimum Gasteiger partial charge on any atom is -0.399 e. The number of benzene rings is 1. The molecule has 1 aromatic rings. The highest BCUT2D eigenvalue weighted by Crippen LogP contribution is 2.36. The Balaban J connectivity index is 1.69. The summed E-state index contributed by atoms with van der Waals surface area (Å²) in [4.78, 5) is 4.76. The van der Waals surface area contributed by atoms with Gasteiger partial charge in [-0.2, -0.15) is 0 Å². The third-order valence-electron chi connectivity index (χ3n) is 6.26. The molecule has 0 aromatic heterocycles. The fraction of sp³-hybridized carbons (Fsp3) is 0.700. The minimum absolute atomic E-state index is 0.265. The summed E-state index contributed by atoms with van der Waals surface area (Å²) in [6, 6.07) is 6.00. The van der Waals surface area contributed by atoms with Crippen molar-refractivity contribution in [1.82, 2.24) is 9.80 Å². The number of rotatable bonds is 4. The van der Waals surface area contributed by atoms with Gasteiger partial charge in [0, 0.05) is 18.0 Å². The van der Waals surface area contributed by atoms with Crippen LogP contribution in [-0.2, 0) is 15.9 Å². The average molecular weight is 362 g/mol. The molecule has 0 N–H and O–H groups in total. The Hall–Kier alpha value is -0.945. The molecule has 0 amide bonds. The Kier molecular flexibility index (Phi) is 5.51. The number of likely N-dealkylation sites (tertiary alicyclic amines) is 1. The molecule has 0 atom stereocenters. The quantitative estimate of drug-likeness (QED) is 0.769. The van der Waals surface area contributed by atoms with Crippen molar-refractivity contribution >= 4 is 12.6 Å². The summed E-state index contributed by atoms with van der Waals surface area (Å²) in [5.41, 5.74) is 0.686. The molecule has 1 aromatic carbocycles. The predicted molar refractivity (Wildman–Crippen MR) is 104 cm³/mol. The lowest BCUT2D eigenvalue weighted by molar-refractivity contribution is 0.00578. The molecule has 0 radical (unpaired) electrons. The lowest BCUT2D eigenvalue weighted by Crippen LogP contribution is -2.42. The van der Waals surface area contributed by atoms with Crippen molar-refractivity contribution in [3.05, 3.63) is 29.6 Å². The molecule has 0 aliphatic carbocycles. The summed E-state index contributed by atoms with van der Waals surface area (Å²) >= 11 is 0. The zero-order chi connectivity index (χ0) is 19.1. The molecular formula is C20H32BFN2O2. The van der Waals surface area contributed by atoms with E-state index in [0.29, 0.717) is 11.5 Å². The van der Waals surface area contributed by atoms with E-state index in [0.717, 1.165) is 25.2 Å². The van der Waals surface area contributed by atoms with Crippen molar-refractivity contribution in [2.45, 2.75) is 64.3 Å². The first-order valence-electron chi connectivity index (χ1n) is 9.62. The van der Waals surface area contributed by atoms with E-state index in [-0.39, 0.29) is 5.82 Å². The van der Waals surface area contributed by atoms with E-state index in [9.17, 15) is 4.39 Å². The largest absolute Gasteiger partial charge is 0.497 e. The highest BCUT2D eigenvalue weighted by molar-refractivity contribution is 6.62. The van der Waals surface area contributed by atoms with Crippen molar-refractivity contribution in [3.8, 4) is 0 Å². The van der Waals surface area contributed by atoms with E-state index in [1.54, 1.807) is 6.07 Å². The Morgan fingerprint density at radius 3 is 2.23 bits per heavy atom. The summed E-state index contributed by atoms with van der Waals surface area (Å²) in [5, 5.41) is 0. The van der Waals surface area contributed by atoms with E-state index in [4.69, 9.17) is 9.31 Å². The summed E-state index contributed by atoms with van der Waals surface area (Å²) in [5.74, 6) is -0.265. The van der Waals surface area contributed by atoms with Crippen molar-refractivity contribution in [2.75, 3.05) is 27.2 Å². The lowest BCUT2D eigenvalue weighted by Gasteiger charge is -2.35. The van der Waals surface area contributed by atoms with Crippen molar-refractivity contribution in [3.63, 3.8) is 0 Å². The number of piperidine rings is 1. The second-order valence-electron chi connectivity index (χ2n) is 8.92. The van der Waals surface area contributed by atoms with Crippen LogP contribution in [0.5, 0.6) is 0 Å². The van der Waals surface area contributed by atoms with Crippen LogP contribution in [-0.4, -0.2) is 61.3 Å². The molecule has 3 rings (SSSR count). The molecule has 144 valence electrons. The Labute approximate surface area is 157 Å². The van der Waals surface area contributed by atoms with E-state index >= 15 is 0 Å². The van der Waals surface area contributed by atoms with Gasteiger partial charge < -0.3 is 14.2 Å². The number of nitrogens with zero attached hydrogens (tertiary/aromatic N) is 2. The van der Waals surface area contributed by atoms with E-state index < -0.39 is 18.3 Å². The SMILES string of the molecule is CN(C)C1CCN(Cc2ccc(F)c(B3OC(C)(C)C(C)(C)O3)c2)CC1. The molecule has 2 heterocycles. The molecule has 2 saturated heterocycles. The van der Waals surface area contributed by atoms with Crippen molar-refractivity contribution < 1.29 is 13.7 Å². The molecule has 26 heavy (non-hydrogen) atoms. The topological polar surface area (TPSA) is 24.9 Å². The number of hydrogen-bond donors (Lipinski definition) is 0. The van der Waals surface area contributed by atoms with Gasteiger partial charge >= 0.3 is 7.12 Å². The third kappa shape index (κ3) is 3.98. The third-order valence-corrected chi connectivity index (χ3v) is 6.26. The zero-order valence-electron chi connectivity index (χ0n) is 17.0.